The van der Waals surface area contributed by atoms with E-state index in [1.54, 1.807) is 12.3 Å². The highest BCUT2D eigenvalue weighted by Gasteiger charge is 2.32. The number of hydrogen-bond donors (Lipinski definition) is 1. The van der Waals surface area contributed by atoms with Crippen LogP contribution in [0.3, 0.4) is 0 Å². The van der Waals surface area contributed by atoms with Gasteiger partial charge in [-0.25, -0.2) is 9.59 Å². The van der Waals surface area contributed by atoms with Gasteiger partial charge in [0.1, 0.15) is 5.75 Å². The molecule has 4 amide bonds. The smallest absolute Gasteiger partial charge is 0.406 e. The third-order valence-corrected chi connectivity index (χ3v) is 5.25. The van der Waals surface area contributed by atoms with Gasteiger partial charge in [-0.15, -0.1) is 22.7 Å². The van der Waals surface area contributed by atoms with Crippen LogP contribution in [0.4, 0.5) is 34.1 Å². The first kappa shape index (κ1) is 23.5. The third-order valence-electron chi connectivity index (χ3n) is 4.00. The number of aliphatic imine (C=N–C) groups is 1. The molecule has 13 heteroatoms. The van der Waals surface area contributed by atoms with E-state index >= 15 is 0 Å². The Kier molecular flexibility index (Phi) is 6.78. The van der Waals surface area contributed by atoms with Crippen molar-refractivity contribution in [2.45, 2.75) is 13.3 Å². The normalized spacial score (nSPS) is 15.0. The van der Waals surface area contributed by atoms with Crippen molar-refractivity contribution in [3.63, 3.8) is 0 Å². The Morgan fingerprint density at radius 1 is 1.12 bits per heavy atom. The van der Waals surface area contributed by atoms with Crippen LogP contribution in [0.25, 0.3) is 0 Å². The fourth-order valence-corrected chi connectivity index (χ4v) is 3.80. The lowest BCUT2D eigenvalue weighted by atomic mass is 10.2. The van der Waals surface area contributed by atoms with Crippen molar-refractivity contribution in [2.75, 3.05) is 4.90 Å². The van der Waals surface area contributed by atoms with Crippen LogP contribution in [0.5, 0.6) is 5.75 Å². The molecule has 1 unspecified atom stereocenters. The van der Waals surface area contributed by atoms with Crippen LogP contribution in [0.1, 0.15) is 12.5 Å². The van der Waals surface area contributed by atoms with Crippen LogP contribution >= 0.6 is 0 Å². The lowest BCUT2D eigenvalue weighted by Crippen LogP contribution is -2.44. The Hall–Kier alpha value is -4.18. The zero-order chi connectivity index (χ0) is 24.2. The number of ether oxygens (including phenoxy) is 1. The molecule has 0 saturated carbocycles. The number of urea groups is 2. The van der Waals surface area contributed by atoms with Gasteiger partial charge in [-0.1, -0.05) is 0 Å². The highest BCUT2D eigenvalue weighted by Crippen LogP contribution is 2.31. The minimum absolute atomic E-state index is 0.0934. The van der Waals surface area contributed by atoms with E-state index in [2.05, 4.69) is 14.2 Å². The Labute approximate surface area is 188 Å². The number of halogens is 3. The van der Waals surface area contributed by atoms with E-state index in [1.807, 2.05) is 6.07 Å². The van der Waals surface area contributed by atoms with E-state index in [1.165, 1.54) is 41.9 Å². The maximum Gasteiger partial charge on any atom is 0.573 e. The number of nitrogens with zero attached hydrogens (tertiary/aromatic N) is 5. The molecule has 0 radical (unpaired) electrons. The Bertz CT molecular complexity index is 1200. The fraction of sp³-hybridized carbons (Fsp3) is 0.100. The number of hydrogen-bond acceptors (Lipinski definition) is 6. The number of imide groups is 1. The first-order valence-electron chi connectivity index (χ1n) is 9.03. The first-order valence-corrected chi connectivity index (χ1v) is 10.3. The van der Waals surface area contributed by atoms with E-state index in [-0.39, 0.29) is 11.4 Å². The van der Waals surface area contributed by atoms with Gasteiger partial charge in [0.05, 0.1) is 28.6 Å². The molecule has 3 rings (SSSR count). The van der Waals surface area contributed by atoms with Gasteiger partial charge in [-0.3, -0.25) is 9.89 Å². The molecular weight excluding hydrogens is 461 g/mol. The number of alkyl halides is 3. The molecule has 1 aliphatic rings. The Morgan fingerprint density at radius 3 is 2.15 bits per heavy atom. The van der Waals surface area contributed by atoms with Crippen LogP contribution in [-0.4, -0.2) is 29.0 Å². The molecule has 2 aromatic carbocycles. The van der Waals surface area contributed by atoms with Crippen molar-refractivity contribution in [3.05, 3.63) is 65.2 Å². The average Bonchev–Trinajstić information content (AvgIpc) is 3.17. The number of rotatable bonds is 4. The zero-order valence-corrected chi connectivity index (χ0v) is 17.7. The molecule has 0 spiro atoms. The Morgan fingerprint density at radius 2 is 1.70 bits per heavy atom. The van der Waals surface area contributed by atoms with Gasteiger partial charge in [-0.05, 0) is 66.1 Å². The number of anilines is 2. The molecule has 33 heavy (non-hydrogen) atoms. The molecule has 0 bridgehead atoms. The summed E-state index contributed by atoms with van der Waals surface area (Å²) in [4.78, 5) is 30.4. The maximum atomic E-state index is 13.3. The molecule has 2 N–H and O–H groups in total. The molecule has 1 heterocycles. The summed E-state index contributed by atoms with van der Waals surface area (Å²) in [6.45, 7) is 1.71. The number of carbonyl (C=O) groups excluding carboxylic acids is 2. The number of primary amides is 1. The van der Waals surface area contributed by atoms with Crippen molar-refractivity contribution >= 4 is 39.7 Å². The second-order valence-corrected chi connectivity index (χ2v) is 7.69. The molecule has 0 aromatic heterocycles. The summed E-state index contributed by atoms with van der Waals surface area (Å²) in [7, 11) is -1.02. The summed E-state index contributed by atoms with van der Waals surface area (Å²) in [5.41, 5.74) is 8.07. The van der Waals surface area contributed by atoms with E-state index in [0.29, 0.717) is 16.3 Å². The average molecular weight is 476 g/mol. The van der Waals surface area contributed by atoms with Crippen LogP contribution in [0.15, 0.2) is 69.1 Å². The van der Waals surface area contributed by atoms with E-state index in [9.17, 15) is 22.8 Å². The zero-order valence-electron chi connectivity index (χ0n) is 16.9. The van der Waals surface area contributed by atoms with Gasteiger partial charge in [0.2, 0.25) is 0 Å². The van der Waals surface area contributed by atoms with E-state index in [4.69, 9.17) is 11.0 Å². The van der Waals surface area contributed by atoms with Crippen LogP contribution in [0.2, 0.25) is 0 Å². The highest BCUT2D eigenvalue weighted by atomic mass is 32.2. The lowest BCUT2D eigenvalue weighted by Gasteiger charge is -2.26. The second kappa shape index (κ2) is 9.53. The maximum absolute atomic E-state index is 13.3. The number of carbonyl (C=O) groups is 2. The summed E-state index contributed by atoms with van der Waals surface area (Å²) >= 11 is 0. The number of amides is 4. The predicted molar refractivity (Wildman–Crippen MR) is 115 cm³/mol. The molecule has 0 saturated heterocycles. The largest absolute Gasteiger partial charge is 0.573 e. The van der Waals surface area contributed by atoms with Gasteiger partial charge in [0.25, 0.3) is 0 Å². The molecule has 0 fully saturated rings. The van der Waals surface area contributed by atoms with Gasteiger partial charge in [0, 0.05) is 11.1 Å². The summed E-state index contributed by atoms with van der Waals surface area (Å²) in [5.74, 6) is -0.501. The number of nitriles is 1. The molecule has 170 valence electrons. The molecular formula is C20H15F3N6O3S. The molecule has 1 aliphatic heterocycles. The topological polar surface area (TPSA) is 124 Å². The predicted octanol–water partition coefficient (Wildman–Crippen LogP) is 4.72. The Balaban J connectivity index is 2.04. The van der Waals surface area contributed by atoms with Crippen LogP contribution in [0, 0.1) is 11.3 Å². The van der Waals surface area contributed by atoms with Crippen molar-refractivity contribution < 1.29 is 27.5 Å². The van der Waals surface area contributed by atoms with Crippen molar-refractivity contribution in [1.29, 1.82) is 5.26 Å². The number of allylic oxidation sites excluding steroid dienone is 1. The standard InChI is InChI=1S/C20H15F3N6O3S/c1-13-11-33(12-26-13)27-29(18(25)30)19(31)28(15-4-2-14(10-24)3-5-15)16-6-8-17(9-7-16)32-20(21,22)23/h2-9,11-12H,1H3,(H2,25,30). The van der Waals surface area contributed by atoms with Crippen molar-refractivity contribution in [2.24, 2.45) is 15.2 Å². The number of benzene rings is 2. The fourth-order valence-electron chi connectivity index (χ4n) is 2.63. The van der Waals surface area contributed by atoms with Crippen LogP contribution < -0.4 is 15.4 Å². The summed E-state index contributed by atoms with van der Waals surface area (Å²) < 4.78 is 45.3. The summed E-state index contributed by atoms with van der Waals surface area (Å²) in [6, 6.07) is 9.90. The quantitative estimate of drug-likeness (QED) is 0.641. The molecule has 0 aliphatic carbocycles. The number of nitrogens with two attached hydrogens (primary N) is 1. The van der Waals surface area contributed by atoms with Crippen molar-refractivity contribution in [1.82, 2.24) is 5.01 Å². The van der Waals surface area contributed by atoms with Crippen molar-refractivity contribution in [3.8, 4) is 11.8 Å². The van der Waals surface area contributed by atoms with Gasteiger partial charge >= 0.3 is 18.4 Å². The van der Waals surface area contributed by atoms with Crippen LogP contribution in [-0.2, 0) is 10.7 Å². The van der Waals surface area contributed by atoms with Gasteiger partial charge < -0.3 is 10.5 Å². The first-order chi connectivity index (χ1) is 15.6. The highest BCUT2D eigenvalue weighted by molar-refractivity contribution is 8.03. The minimum atomic E-state index is -4.89. The minimum Gasteiger partial charge on any atom is -0.406 e. The monoisotopic (exact) mass is 476 g/mol. The molecule has 9 nitrogen and oxygen atoms in total. The summed E-state index contributed by atoms with van der Waals surface area (Å²) in [6.07, 6.45) is -4.89. The third kappa shape index (κ3) is 5.95. The molecule has 2 aromatic rings. The lowest BCUT2D eigenvalue weighted by molar-refractivity contribution is -0.274. The van der Waals surface area contributed by atoms with E-state index < -0.39 is 34.9 Å². The van der Waals surface area contributed by atoms with Gasteiger partial charge in [-0.2, -0.15) is 5.26 Å². The molecule has 1 atom stereocenters. The van der Waals surface area contributed by atoms with E-state index in [0.717, 1.165) is 17.0 Å². The summed E-state index contributed by atoms with van der Waals surface area (Å²) in [5, 5.41) is 11.1. The van der Waals surface area contributed by atoms with Gasteiger partial charge in [0.15, 0.2) is 0 Å². The second-order valence-electron chi connectivity index (χ2n) is 6.39. The SMILES string of the molecule is CC1=C/S(=N/N(C(N)=O)C(=O)N(c2ccc(C#N)cc2)c2ccc(OC(F)(F)F)cc2)C=N1.